The lowest BCUT2D eigenvalue weighted by molar-refractivity contribution is -0.122. The number of anilines is 2. The van der Waals surface area contributed by atoms with Crippen LogP contribution in [-0.2, 0) is 4.79 Å². The Morgan fingerprint density at radius 2 is 2.06 bits per heavy atom. The van der Waals surface area contributed by atoms with Gasteiger partial charge in [-0.25, -0.2) is 9.97 Å². The highest BCUT2D eigenvalue weighted by atomic mass is 16.1. The van der Waals surface area contributed by atoms with Gasteiger partial charge in [-0.2, -0.15) is 0 Å². The van der Waals surface area contributed by atoms with Crippen LogP contribution < -0.4 is 16.4 Å². The Hall–Kier alpha value is -1.85. The topological polar surface area (TPSA) is 98.1 Å². The number of rotatable bonds is 2. The Balaban J connectivity index is 2.17. The van der Waals surface area contributed by atoms with E-state index in [1.807, 2.05) is 4.90 Å². The molecule has 2 unspecified atom stereocenters. The maximum atomic E-state index is 11.2. The number of aromatic nitrogens is 2. The normalized spacial score (nSPS) is 24.6. The van der Waals surface area contributed by atoms with Crippen LogP contribution in [0.2, 0.25) is 0 Å². The number of carbonyl (C=O) groups is 1. The van der Waals surface area contributed by atoms with E-state index in [-0.39, 0.29) is 11.8 Å². The molecule has 17 heavy (non-hydrogen) atoms. The van der Waals surface area contributed by atoms with Gasteiger partial charge < -0.3 is 16.4 Å². The van der Waals surface area contributed by atoms with Gasteiger partial charge in [0.15, 0.2) is 0 Å². The number of amides is 1. The molecule has 0 bridgehead atoms. The zero-order chi connectivity index (χ0) is 12.4. The van der Waals surface area contributed by atoms with Crippen LogP contribution >= 0.6 is 0 Å². The number of piperidine rings is 1. The lowest BCUT2D eigenvalue weighted by atomic mass is 9.93. The first-order valence-corrected chi connectivity index (χ1v) is 5.71. The SMILES string of the molecule is CC1CCC(C(N)=O)CN1c1ncc(N)cn1. The minimum absolute atomic E-state index is 0.118. The largest absolute Gasteiger partial charge is 0.396 e. The average Bonchev–Trinajstić information content (AvgIpc) is 2.31. The molecule has 1 aliphatic rings. The van der Waals surface area contributed by atoms with Crippen LogP contribution in [0.1, 0.15) is 19.8 Å². The molecule has 0 spiro atoms. The summed E-state index contributed by atoms with van der Waals surface area (Å²) in [6.07, 6.45) is 4.90. The van der Waals surface area contributed by atoms with E-state index < -0.39 is 0 Å². The molecule has 0 saturated carbocycles. The Labute approximate surface area is 100 Å². The maximum absolute atomic E-state index is 11.2. The number of nitrogen functional groups attached to an aromatic ring is 1. The first-order chi connectivity index (χ1) is 8.08. The number of hydrogen-bond acceptors (Lipinski definition) is 5. The Bertz CT molecular complexity index is 405. The van der Waals surface area contributed by atoms with Crippen molar-refractivity contribution in [3.05, 3.63) is 12.4 Å². The molecule has 2 atom stereocenters. The van der Waals surface area contributed by atoms with Crippen molar-refractivity contribution in [2.45, 2.75) is 25.8 Å². The fourth-order valence-corrected chi connectivity index (χ4v) is 2.10. The summed E-state index contributed by atoms with van der Waals surface area (Å²) in [5.41, 5.74) is 11.4. The second kappa shape index (κ2) is 4.57. The zero-order valence-electron chi connectivity index (χ0n) is 9.84. The minimum atomic E-state index is -0.252. The summed E-state index contributed by atoms with van der Waals surface area (Å²) < 4.78 is 0. The van der Waals surface area contributed by atoms with Crippen molar-refractivity contribution in [1.82, 2.24) is 9.97 Å². The lowest BCUT2D eigenvalue weighted by Crippen LogP contribution is -2.46. The summed E-state index contributed by atoms with van der Waals surface area (Å²) in [5.74, 6) is 0.238. The van der Waals surface area contributed by atoms with Gasteiger partial charge in [0.25, 0.3) is 0 Å². The van der Waals surface area contributed by atoms with Crippen LogP contribution in [0.15, 0.2) is 12.4 Å². The summed E-state index contributed by atoms with van der Waals surface area (Å²) in [5, 5.41) is 0. The second-order valence-electron chi connectivity index (χ2n) is 4.49. The molecule has 6 heteroatoms. The fraction of sp³-hybridized carbons (Fsp3) is 0.545. The third kappa shape index (κ3) is 2.46. The van der Waals surface area contributed by atoms with Gasteiger partial charge in [0.05, 0.1) is 24.0 Å². The molecule has 2 rings (SSSR count). The minimum Gasteiger partial charge on any atom is -0.396 e. The predicted molar refractivity (Wildman–Crippen MR) is 65.2 cm³/mol. The molecule has 1 aliphatic heterocycles. The molecule has 1 aromatic rings. The zero-order valence-corrected chi connectivity index (χ0v) is 9.84. The first kappa shape index (κ1) is 11.6. The molecule has 1 saturated heterocycles. The highest BCUT2D eigenvalue weighted by Gasteiger charge is 2.29. The van der Waals surface area contributed by atoms with E-state index in [0.29, 0.717) is 24.2 Å². The summed E-state index contributed by atoms with van der Waals surface area (Å²) in [6, 6.07) is 0.314. The van der Waals surface area contributed by atoms with Crippen molar-refractivity contribution in [2.24, 2.45) is 11.7 Å². The van der Waals surface area contributed by atoms with Gasteiger partial charge in [-0.05, 0) is 19.8 Å². The Morgan fingerprint density at radius 1 is 1.41 bits per heavy atom. The molecule has 1 fully saturated rings. The fourth-order valence-electron chi connectivity index (χ4n) is 2.10. The van der Waals surface area contributed by atoms with Gasteiger partial charge in [-0.3, -0.25) is 4.79 Å². The van der Waals surface area contributed by atoms with Crippen LogP contribution in [0.5, 0.6) is 0 Å². The summed E-state index contributed by atoms with van der Waals surface area (Å²) in [6.45, 7) is 2.68. The molecule has 0 aromatic carbocycles. The van der Waals surface area contributed by atoms with Crippen molar-refractivity contribution in [3.63, 3.8) is 0 Å². The number of hydrogen-bond donors (Lipinski definition) is 2. The van der Waals surface area contributed by atoms with E-state index >= 15 is 0 Å². The molecule has 1 amide bonds. The Kier molecular flexibility index (Phi) is 3.12. The third-order valence-electron chi connectivity index (χ3n) is 3.20. The Morgan fingerprint density at radius 3 is 2.65 bits per heavy atom. The van der Waals surface area contributed by atoms with E-state index in [0.717, 1.165) is 12.8 Å². The van der Waals surface area contributed by atoms with Crippen molar-refractivity contribution in [1.29, 1.82) is 0 Å². The van der Waals surface area contributed by atoms with Crippen LogP contribution in [0.25, 0.3) is 0 Å². The van der Waals surface area contributed by atoms with Crippen molar-refractivity contribution in [2.75, 3.05) is 17.2 Å². The monoisotopic (exact) mass is 235 g/mol. The molecular formula is C11H17N5O. The van der Waals surface area contributed by atoms with Crippen molar-refractivity contribution >= 4 is 17.5 Å². The number of primary amides is 1. The quantitative estimate of drug-likeness (QED) is 0.760. The van der Waals surface area contributed by atoms with Crippen LogP contribution in [0, 0.1) is 5.92 Å². The van der Waals surface area contributed by atoms with Crippen molar-refractivity contribution in [3.8, 4) is 0 Å². The smallest absolute Gasteiger partial charge is 0.225 e. The number of carbonyl (C=O) groups excluding carboxylic acids is 1. The maximum Gasteiger partial charge on any atom is 0.225 e. The lowest BCUT2D eigenvalue weighted by Gasteiger charge is -2.36. The molecule has 92 valence electrons. The average molecular weight is 235 g/mol. The molecular weight excluding hydrogens is 218 g/mol. The van der Waals surface area contributed by atoms with Gasteiger partial charge in [0.2, 0.25) is 11.9 Å². The van der Waals surface area contributed by atoms with Crippen LogP contribution in [0.4, 0.5) is 11.6 Å². The molecule has 0 aliphatic carbocycles. The molecule has 0 radical (unpaired) electrons. The van der Waals surface area contributed by atoms with Crippen LogP contribution in [0.3, 0.4) is 0 Å². The molecule has 1 aromatic heterocycles. The van der Waals surface area contributed by atoms with Crippen LogP contribution in [-0.4, -0.2) is 28.5 Å². The van der Waals surface area contributed by atoms with E-state index in [4.69, 9.17) is 11.5 Å². The van der Waals surface area contributed by atoms with Gasteiger partial charge in [-0.1, -0.05) is 0 Å². The first-order valence-electron chi connectivity index (χ1n) is 5.71. The number of nitrogens with two attached hydrogens (primary N) is 2. The van der Waals surface area contributed by atoms with Gasteiger partial charge in [0, 0.05) is 12.6 Å². The van der Waals surface area contributed by atoms with E-state index in [9.17, 15) is 4.79 Å². The van der Waals surface area contributed by atoms with Gasteiger partial charge in [-0.15, -0.1) is 0 Å². The molecule has 4 N–H and O–H groups in total. The highest BCUT2D eigenvalue weighted by Crippen LogP contribution is 2.25. The summed E-state index contributed by atoms with van der Waals surface area (Å²) >= 11 is 0. The van der Waals surface area contributed by atoms with E-state index in [2.05, 4.69) is 16.9 Å². The highest BCUT2D eigenvalue weighted by molar-refractivity contribution is 5.77. The standard InChI is InChI=1S/C11H17N5O/c1-7-2-3-8(10(13)17)6-16(7)11-14-4-9(12)5-15-11/h4-5,7-8H,2-3,6,12H2,1H3,(H2,13,17). The van der Waals surface area contributed by atoms with Gasteiger partial charge >= 0.3 is 0 Å². The molecule has 6 nitrogen and oxygen atoms in total. The van der Waals surface area contributed by atoms with E-state index in [1.165, 1.54) is 0 Å². The molecule has 2 heterocycles. The summed E-state index contributed by atoms with van der Waals surface area (Å²) in [4.78, 5) is 21.6. The van der Waals surface area contributed by atoms with E-state index in [1.54, 1.807) is 12.4 Å². The van der Waals surface area contributed by atoms with Crippen molar-refractivity contribution < 1.29 is 4.79 Å². The number of nitrogens with zero attached hydrogens (tertiary/aromatic N) is 3. The summed E-state index contributed by atoms with van der Waals surface area (Å²) in [7, 11) is 0. The second-order valence-corrected chi connectivity index (χ2v) is 4.49. The third-order valence-corrected chi connectivity index (χ3v) is 3.20. The van der Waals surface area contributed by atoms with Gasteiger partial charge in [0.1, 0.15) is 0 Å². The predicted octanol–water partition coefficient (Wildman–Crippen LogP) is 0.149.